The summed E-state index contributed by atoms with van der Waals surface area (Å²) in [5.74, 6) is -2.23. The van der Waals surface area contributed by atoms with Gasteiger partial charge in [-0.25, -0.2) is 14.0 Å². The van der Waals surface area contributed by atoms with E-state index in [0.717, 1.165) is 38.2 Å². The molecule has 4 rings (SSSR count). The van der Waals surface area contributed by atoms with Gasteiger partial charge in [0, 0.05) is 43.5 Å². The van der Waals surface area contributed by atoms with Gasteiger partial charge in [0.25, 0.3) is 5.91 Å². The number of carbonyl (C=O) groups excluding carboxylic acids is 4. The number of urea groups is 1. The van der Waals surface area contributed by atoms with E-state index in [4.69, 9.17) is 4.74 Å². The summed E-state index contributed by atoms with van der Waals surface area (Å²) < 4.78 is 18.7. The molecular formula is C28H34FN5O5. The number of nitrogens with zero attached hydrogens (tertiary/aromatic N) is 3. The highest BCUT2D eigenvalue weighted by molar-refractivity contribution is 5.96. The van der Waals surface area contributed by atoms with Gasteiger partial charge in [0.15, 0.2) is 0 Å². The summed E-state index contributed by atoms with van der Waals surface area (Å²) in [4.78, 5) is 59.6. The molecule has 2 aromatic rings. The molecule has 1 saturated heterocycles. The predicted octanol–water partition coefficient (Wildman–Crippen LogP) is 2.29. The summed E-state index contributed by atoms with van der Waals surface area (Å²) in [7, 11) is 1.23. The van der Waals surface area contributed by atoms with Crippen molar-refractivity contribution in [3.05, 3.63) is 65.7 Å². The molecule has 2 N–H and O–H groups in total. The highest BCUT2D eigenvalue weighted by Crippen LogP contribution is 2.20. The quantitative estimate of drug-likeness (QED) is 0.521. The maximum Gasteiger partial charge on any atom is 0.328 e. The number of amides is 4. The van der Waals surface area contributed by atoms with E-state index in [2.05, 4.69) is 15.6 Å². The Kier molecular flexibility index (Phi) is 9.45. The highest BCUT2D eigenvalue weighted by Gasteiger charge is 2.39. The second-order valence-corrected chi connectivity index (χ2v) is 9.90. The molecule has 39 heavy (non-hydrogen) atoms. The summed E-state index contributed by atoms with van der Waals surface area (Å²) in [5, 5.41) is 5.76. The van der Waals surface area contributed by atoms with Crippen LogP contribution in [0.5, 0.6) is 0 Å². The zero-order chi connectivity index (χ0) is 27.8. The van der Waals surface area contributed by atoms with Crippen LogP contribution >= 0.6 is 0 Å². The second kappa shape index (κ2) is 13.2. The number of rotatable bonds is 7. The van der Waals surface area contributed by atoms with Crippen LogP contribution in [0.25, 0.3) is 0 Å². The third-order valence-corrected chi connectivity index (χ3v) is 7.20. The fourth-order valence-electron chi connectivity index (χ4n) is 5.10. The van der Waals surface area contributed by atoms with Crippen LogP contribution in [0.15, 0.2) is 48.8 Å². The molecule has 1 aromatic heterocycles. The first-order valence-corrected chi connectivity index (χ1v) is 13.2. The molecule has 2 heterocycles. The molecule has 0 radical (unpaired) electrons. The lowest BCUT2D eigenvalue weighted by Gasteiger charge is -2.41. The molecule has 2 atom stereocenters. The summed E-state index contributed by atoms with van der Waals surface area (Å²) in [6, 6.07) is 6.38. The molecule has 0 spiro atoms. The van der Waals surface area contributed by atoms with Crippen LogP contribution in [-0.2, 0) is 20.7 Å². The van der Waals surface area contributed by atoms with Gasteiger partial charge in [0.1, 0.15) is 17.9 Å². The van der Waals surface area contributed by atoms with Crippen molar-refractivity contribution in [2.45, 2.75) is 56.7 Å². The van der Waals surface area contributed by atoms with Crippen LogP contribution in [0, 0.1) is 5.82 Å². The van der Waals surface area contributed by atoms with Gasteiger partial charge in [-0.1, -0.05) is 31.4 Å². The predicted molar refractivity (Wildman–Crippen MR) is 140 cm³/mol. The third-order valence-electron chi connectivity index (χ3n) is 7.20. The van der Waals surface area contributed by atoms with Crippen LogP contribution in [0.1, 0.15) is 48.0 Å². The Morgan fingerprint density at radius 1 is 1.10 bits per heavy atom. The van der Waals surface area contributed by atoms with Crippen molar-refractivity contribution in [2.75, 3.05) is 26.7 Å². The van der Waals surface area contributed by atoms with Crippen LogP contribution < -0.4 is 10.6 Å². The molecule has 1 aromatic carbocycles. The molecule has 10 nitrogen and oxygen atoms in total. The lowest BCUT2D eigenvalue weighted by Crippen LogP contribution is -2.65. The molecule has 0 unspecified atom stereocenters. The van der Waals surface area contributed by atoms with Gasteiger partial charge in [0.2, 0.25) is 5.91 Å². The lowest BCUT2D eigenvalue weighted by atomic mass is 9.95. The Morgan fingerprint density at radius 3 is 2.59 bits per heavy atom. The number of piperazine rings is 1. The maximum atomic E-state index is 13.8. The summed E-state index contributed by atoms with van der Waals surface area (Å²) in [5.41, 5.74) is 0.866. The molecule has 2 aliphatic rings. The minimum atomic E-state index is -1.07. The average molecular weight is 540 g/mol. The highest BCUT2D eigenvalue weighted by atomic mass is 19.1. The van der Waals surface area contributed by atoms with Crippen LogP contribution in [0.3, 0.4) is 0 Å². The SMILES string of the molecule is COC(=O)[C@@H](Cc1cccnc1)NC(=O)[C@@H]1CN(C(=O)c2cccc(F)c2)CCN1C(=O)NC1CCCCC1. The number of nitrogens with one attached hydrogen (secondary N) is 2. The van der Waals surface area contributed by atoms with E-state index < -0.39 is 35.7 Å². The number of aromatic nitrogens is 1. The maximum absolute atomic E-state index is 13.8. The van der Waals surface area contributed by atoms with Crippen molar-refractivity contribution in [3.8, 4) is 0 Å². The van der Waals surface area contributed by atoms with E-state index in [9.17, 15) is 23.6 Å². The average Bonchev–Trinajstić information content (AvgIpc) is 2.96. The second-order valence-electron chi connectivity index (χ2n) is 9.90. The zero-order valence-corrected chi connectivity index (χ0v) is 22.0. The fourth-order valence-corrected chi connectivity index (χ4v) is 5.10. The molecule has 1 aliphatic heterocycles. The minimum absolute atomic E-state index is 0.0234. The van der Waals surface area contributed by atoms with Crippen LogP contribution in [0.2, 0.25) is 0 Å². The van der Waals surface area contributed by atoms with Crippen molar-refractivity contribution < 1.29 is 28.3 Å². The van der Waals surface area contributed by atoms with E-state index in [-0.39, 0.29) is 43.7 Å². The Labute approximate surface area is 226 Å². The van der Waals surface area contributed by atoms with E-state index in [1.54, 1.807) is 24.5 Å². The largest absolute Gasteiger partial charge is 0.467 e. The molecule has 11 heteroatoms. The van der Waals surface area contributed by atoms with E-state index in [0.29, 0.717) is 5.56 Å². The van der Waals surface area contributed by atoms with E-state index in [1.807, 2.05) is 0 Å². The summed E-state index contributed by atoms with van der Waals surface area (Å²) in [6.45, 7) is 0.163. The van der Waals surface area contributed by atoms with Gasteiger partial charge in [-0.15, -0.1) is 0 Å². The molecule has 0 bridgehead atoms. The number of benzene rings is 1. The molecule has 2 fully saturated rings. The molecule has 1 saturated carbocycles. The zero-order valence-electron chi connectivity index (χ0n) is 22.0. The van der Waals surface area contributed by atoms with Crippen molar-refractivity contribution in [1.29, 1.82) is 0 Å². The Morgan fingerprint density at radius 2 is 1.90 bits per heavy atom. The van der Waals surface area contributed by atoms with Gasteiger partial charge in [-0.05, 0) is 42.7 Å². The number of hydrogen-bond acceptors (Lipinski definition) is 6. The van der Waals surface area contributed by atoms with Crippen molar-refractivity contribution in [3.63, 3.8) is 0 Å². The first kappa shape index (κ1) is 28.0. The summed E-state index contributed by atoms with van der Waals surface area (Å²) in [6.07, 6.45) is 8.26. The molecule has 208 valence electrons. The Bertz CT molecular complexity index is 1170. The van der Waals surface area contributed by atoms with E-state index >= 15 is 0 Å². The number of methoxy groups -OCH3 is 1. The first-order valence-electron chi connectivity index (χ1n) is 13.2. The topological polar surface area (TPSA) is 121 Å². The van der Waals surface area contributed by atoms with Gasteiger partial charge >= 0.3 is 12.0 Å². The normalized spacial score (nSPS) is 18.7. The number of halogens is 1. The van der Waals surface area contributed by atoms with E-state index in [1.165, 1.54) is 35.1 Å². The van der Waals surface area contributed by atoms with Crippen molar-refractivity contribution in [1.82, 2.24) is 25.4 Å². The lowest BCUT2D eigenvalue weighted by molar-refractivity contribution is -0.145. The molecule has 1 aliphatic carbocycles. The Balaban J connectivity index is 1.54. The van der Waals surface area contributed by atoms with Gasteiger partial charge < -0.3 is 25.2 Å². The number of hydrogen-bond donors (Lipinski definition) is 2. The van der Waals surface area contributed by atoms with Crippen molar-refractivity contribution in [2.24, 2.45) is 0 Å². The van der Waals surface area contributed by atoms with Gasteiger partial charge in [0.05, 0.1) is 13.7 Å². The minimum Gasteiger partial charge on any atom is -0.467 e. The number of pyridine rings is 1. The number of ether oxygens (including phenoxy) is 1. The number of carbonyl (C=O) groups is 4. The smallest absolute Gasteiger partial charge is 0.328 e. The third kappa shape index (κ3) is 7.30. The Hall–Kier alpha value is -4.02. The monoisotopic (exact) mass is 539 g/mol. The van der Waals surface area contributed by atoms with Gasteiger partial charge in [-0.3, -0.25) is 14.6 Å². The summed E-state index contributed by atoms with van der Waals surface area (Å²) >= 11 is 0. The standard InChI is InChI=1S/C28H34FN5O5/c1-39-27(37)23(15-19-7-6-12-30-17-19)32-25(35)24-18-33(26(36)20-8-5-9-21(29)16-20)13-14-34(24)28(38)31-22-10-3-2-4-11-22/h5-9,12,16-17,22-24H,2-4,10-11,13-15,18H2,1H3,(H,31,38)(H,32,35)/t23-,24+/m1/s1. The number of esters is 1. The van der Waals surface area contributed by atoms with Crippen molar-refractivity contribution >= 4 is 23.8 Å². The fraction of sp³-hybridized carbons (Fsp3) is 0.464. The first-order chi connectivity index (χ1) is 18.9. The molecule has 4 amide bonds. The van der Waals surface area contributed by atoms with Gasteiger partial charge in [-0.2, -0.15) is 0 Å². The van der Waals surface area contributed by atoms with Crippen LogP contribution in [0.4, 0.5) is 9.18 Å². The van der Waals surface area contributed by atoms with Crippen LogP contribution in [-0.4, -0.2) is 83.5 Å². The molecular weight excluding hydrogens is 505 g/mol.